The van der Waals surface area contributed by atoms with Crippen LogP contribution in [-0.2, 0) is 13.6 Å². The first-order valence-corrected chi connectivity index (χ1v) is 15.9. The van der Waals surface area contributed by atoms with Gasteiger partial charge in [0.2, 0.25) is 0 Å². The minimum atomic E-state index is -3.92. The summed E-state index contributed by atoms with van der Waals surface area (Å²) in [6.45, 7) is 8.07. The van der Waals surface area contributed by atoms with Gasteiger partial charge in [-0.15, -0.1) is 0 Å². The zero-order valence-electron chi connectivity index (χ0n) is 22.4. The van der Waals surface area contributed by atoms with Crippen LogP contribution in [0.2, 0.25) is 0 Å². The molecule has 1 heterocycles. The summed E-state index contributed by atoms with van der Waals surface area (Å²) < 4.78 is 24.1. The number of nitrogens with zero attached hydrogens (tertiary/aromatic N) is 1. The van der Waals surface area contributed by atoms with E-state index < -0.39 is 7.82 Å². The first-order valence-electron chi connectivity index (χ1n) is 14.4. The molecule has 33 heavy (non-hydrogen) atoms. The second kappa shape index (κ2) is 19.3. The van der Waals surface area contributed by atoms with Crippen LogP contribution in [-0.4, -0.2) is 48.8 Å². The van der Waals surface area contributed by atoms with Crippen LogP contribution >= 0.6 is 7.82 Å². The van der Waals surface area contributed by atoms with E-state index in [0.717, 1.165) is 43.3 Å². The lowest BCUT2D eigenvalue weighted by Crippen LogP contribution is -2.51. The number of quaternary nitrogens is 1. The smallest absolute Gasteiger partial charge is 0.326 e. The van der Waals surface area contributed by atoms with Gasteiger partial charge in [-0.2, -0.15) is 0 Å². The van der Waals surface area contributed by atoms with Gasteiger partial charge in [0.15, 0.2) is 0 Å². The molecular weight excluding hydrogens is 433 g/mol. The summed E-state index contributed by atoms with van der Waals surface area (Å²) in [6, 6.07) is 0. The average molecular weight is 491 g/mol. The van der Waals surface area contributed by atoms with Crippen LogP contribution in [0.3, 0.4) is 0 Å². The Morgan fingerprint density at radius 3 is 1.64 bits per heavy atom. The SMILES string of the molecule is CCCCCCCCCCCCCCCCOP(=O)(O)OC1CC[N+](C)(CCCCC)CC1. The highest BCUT2D eigenvalue weighted by Gasteiger charge is 2.34. The number of hydrogen-bond donors (Lipinski definition) is 1. The van der Waals surface area contributed by atoms with Crippen molar-refractivity contribution in [1.82, 2.24) is 0 Å². The van der Waals surface area contributed by atoms with Gasteiger partial charge >= 0.3 is 7.82 Å². The second-order valence-electron chi connectivity index (χ2n) is 10.7. The molecule has 0 amide bonds. The van der Waals surface area contributed by atoms with E-state index in [1.54, 1.807) is 0 Å². The van der Waals surface area contributed by atoms with E-state index in [2.05, 4.69) is 20.9 Å². The number of piperidine rings is 1. The molecule has 0 saturated carbocycles. The Labute approximate surface area is 206 Å². The Bertz CT molecular complexity index is 495. The molecule has 0 radical (unpaired) electrons. The normalized spacial score (nSPS) is 23.0. The van der Waals surface area contributed by atoms with Gasteiger partial charge in [-0.3, -0.25) is 9.05 Å². The first-order chi connectivity index (χ1) is 15.9. The van der Waals surface area contributed by atoms with Crippen molar-refractivity contribution in [3.8, 4) is 0 Å². The third kappa shape index (κ3) is 17.2. The molecule has 1 rings (SSSR count). The van der Waals surface area contributed by atoms with Gasteiger partial charge in [0.05, 0.1) is 39.4 Å². The molecule has 0 aromatic carbocycles. The van der Waals surface area contributed by atoms with Crippen molar-refractivity contribution < 1.29 is 23.0 Å². The van der Waals surface area contributed by atoms with Crippen molar-refractivity contribution in [2.75, 3.05) is 33.3 Å². The Morgan fingerprint density at radius 1 is 0.727 bits per heavy atom. The van der Waals surface area contributed by atoms with Gasteiger partial charge in [-0.1, -0.05) is 104 Å². The highest BCUT2D eigenvalue weighted by molar-refractivity contribution is 7.47. The summed E-state index contributed by atoms with van der Waals surface area (Å²) in [6.07, 6.45) is 23.5. The molecule has 1 aliphatic heterocycles. The molecule has 0 aromatic rings. The number of unbranched alkanes of at least 4 members (excludes halogenated alkanes) is 15. The minimum Gasteiger partial charge on any atom is -0.326 e. The fraction of sp³-hybridized carbons (Fsp3) is 1.00. The van der Waals surface area contributed by atoms with Crippen molar-refractivity contribution in [3.63, 3.8) is 0 Å². The second-order valence-corrected chi connectivity index (χ2v) is 12.1. The summed E-state index contributed by atoms with van der Waals surface area (Å²) in [7, 11) is -1.62. The summed E-state index contributed by atoms with van der Waals surface area (Å²) in [4.78, 5) is 10.1. The van der Waals surface area contributed by atoms with Gasteiger partial charge < -0.3 is 9.38 Å². The van der Waals surface area contributed by atoms with Crippen LogP contribution in [0.4, 0.5) is 0 Å². The van der Waals surface area contributed by atoms with E-state index in [4.69, 9.17) is 9.05 Å². The fourth-order valence-corrected chi connectivity index (χ4v) is 5.94. The van der Waals surface area contributed by atoms with E-state index in [-0.39, 0.29) is 6.10 Å². The number of hydrogen-bond acceptors (Lipinski definition) is 3. The zero-order valence-corrected chi connectivity index (χ0v) is 23.3. The van der Waals surface area contributed by atoms with E-state index in [0.29, 0.717) is 6.61 Å². The molecular formula is C27H57NO4P+. The molecule has 0 bridgehead atoms. The van der Waals surface area contributed by atoms with Gasteiger partial charge in [-0.25, -0.2) is 4.57 Å². The van der Waals surface area contributed by atoms with Crippen molar-refractivity contribution in [2.45, 2.75) is 142 Å². The van der Waals surface area contributed by atoms with Crippen LogP contribution in [0.25, 0.3) is 0 Å². The maximum absolute atomic E-state index is 12.3. The van der Waals surface area contributed by atoms with E-state index in [1.807, 2.05) is 0 Å². The Hall–Kier alpha value is 0.0700. The predicted molar refractivity (Wildman–Crippen MR) is 141 cm³/mol. The molecule has 6 heteroatoms. The highest BCUT2D eigenvalue weighted by atomic mass is 31.2. The van der Waals surface area contributed by atoms with Crippen LogP contribution in [0, 0.1) is 0 Å². The molecule has 1 aliphatic rings. The summed E-state index contributed by atoms with van der Waals surface area (Å²) in [5, 5.41) is 0. The Balaban J connectivity index is 1.95. The molecule has 1 atom stereocenters. The zero-order chi connectivity index (χ0) is 24.3. The molecule has 1 N–H and O–H groups in total. The lowest BCUT2D eigenvalue weighted by molar-refractivity contribution is -0.915. The third-order valence-electron chi connectivity index (χ3n) is 7.32. The standard InChI is InChI=1S/C27H56NO4P/c1-4-6-8-9-10-11-12-13-14-15-16-17-18-20-26-31-33(29,30)32-27-21-24-28(3,25-22-27)23-19-7-5-2/h27H,4-26H2,1-3H3/p+1. The average Bonchev–Trinajstić information content (AvgIpc) is 2.78. The van der Waals surface area contributed by atoms with E-state index >= 15 is 0 Å². The van der Waals surface area contributed by atoms with Crippen molar-refractivity contribution in [3.05, 3.63) is 0 Å². The number of likely N-dealkylation sites (tertiary alicyclic amines) is 1. The maximum Gasteiger partial charge on any atom is 0.472 e. The molecule has 5 nitrogen and oxygen atoms in total. The number of phosphoric acid groups is 1. The topological polar surface area (TPSA) is 55.8 Å². The van der Waals surface area contributed by atoms with Gasteiger partial charge in [0.25, 0.3) is 0 Å². The molecule has 1 saturated heterocycles. The summed E-state index contributed by atoms with van der Waals surface area (Å²) >= 11 is 0. The summed E-state index contributed by atoms with van der Waals surface area (Å²) in [5.74, 6) is 0. The number of rotatable bonds is 22. The van der Waals surface area contributed by atoms with Gasteiger partial charge in [0.1, 0.15) is 0 Å². The quantitative estimate of drug-likeness (QED) is 0.0940. The predicted octanol–water partition coefficient (Wildman–Crippen LogP) is 8.40. The van der Waals surface area contributed by atoms with Crippen LogP contribution in [0.1, 0.15) is 136 Å². The van der Waals surface area contributed by atoms with Gasteiger partial charge in [-0.05, 0) is 19.3 Å². The van der Waals surface area contributed by atoms with Crippen LogP contribution in [0.15, 0.2) is 0 Å². The molecule has 1 unspecified atom stereocenters. The summed E-state index contributed by atoms with van der Waals surface area (Å²) in [5.41, 5.74) is 0. The van der Waals surface area contributed by atoms with E-state index in [9.17, 15) is 9.46 Å². The van der Waals surface area contributed by atoms with E-state index in [1.165, 1.54) is 103 Å². The highest BCUT2D eigenvalue weighted by Crippen LogP contribution is 2.46. The largest absolute Gasteiger partial charge is 0.472 e. The van der Waals surface area contributed by atoms with Gasteiger partial charge in [0, 0.05) is 12.8 Å². The minimum absolute atomic E-state index is 0.144. The molecule has 0 spiro atoms. The Morgan fingerprint density at radius 2 is 1.15 bits per heavy atom. The fourth-order valence-electron chi connectivity index (χ4n) is 4.94. The van der Waals surface area contributed by atoms with Crippen molar-refractivity contribution in [1.29, 1.82) is 0 Å². The molecule has 1 fully saturated rings. The molecule has 0 aliphatic carbocycles. The third-order valence-corrected chi connectivity index (χ3v) is 8.39. The maximum atomic E-state index is 12.3. The molecule has 198 valence electrons. The first kappa shape index (κ1) is 31.1. The lowest BCUT2D eigenvalue weighted by atomic mass is 10.0. The van der Waals surface area contributed by atoms with Crippen molar-refractivity contribution in [2.24, 2.45) is 0 Å². The Kier molecular flexibility index (Phi) is 18.2. The molecule has 0 aromatic heterocycles. The monoisotopic (exact) mass is 490 g/mol. The lowest BCUT2D eigenvalue weighted by Gasteiger charge is -2.40. The van der Waals surface area contributed by atoms with Crippen molar-refractivity contribution >= 4 is 7.82 Å². The van der Waals surface area contributed by atoms with Crippen LogP contribution < -0.4 is 0 Å². The number of phosphoric ester groups is 1. The van der Waals surface area contributed by atoms with Crippen LogP contribution in [0.5, 0.6) is 0 Å².